The van der Waals surface area contributed by atoms with Gasteiger partial charge in [0.1, 0.15) is 0 Å². The number of aliphatic hydroxyl groups excluding tert-OH is 1. The lowest BCUT2D eigenvalue weighted by atomic mass is 10.1. The minimum Gasteiger partial charge on any atom is -0.395 e. The molecule has 2 aromatic carbocycles. The molecule has 18 heavy (non-hydrogen) atoms. The van der Waals surface area contributed by atoms with Gasteiger partial charge in [0, 0.05) is 6.54 Å². The number of rotatable bonds is 2. The standard InChI is InChI=1S/C14H14N2O2/c17-10-9-15-11-5-1-3-7-13(11)16(18)14-8-4-2-6-12(14)15/h1-8,17-18H,9-10H2. The number of nitrogens with zero attached hydrogens (tertiary/aromatic N) is 2. The van der Waals surface area contributed by atoms with E-state index >= 15 is 0 Å². The van der Waals surface area contributed by atoms with E-state index in [4.69, 9.17) is 0 Å². The first-order valence-corrected chi connectivity index (χ1v) is 5.88. The molecular formula is C14H14N2O2. The molecule has 0 fully saturated rings. The number of β-amino-alcohol motifs (C(OH)–C–C–N with tert-alkyl or cyclic N) is 1. The molecule has 92 valence electrons. The van der Waals surface area contributed by atoms with E-state index in [1.165, 1.54) is 5.06 Å². The quantitative estimate of drug-likeness (QED) is 0.850. The van der Waals surface area contributed by atoms with Gasteiger partial charge in [-0.05, 0) is 24.3 Å². The Kier molecular flexibility index (Phi) is 2.66. The normalized spacial score (nSPS) is 13.2. The number of fused-ring (bicyclic) bond motifs is 2. The van der Waals surface area contributed by atoms with Crippen molar-refractivity contribution in [2.45, 2.75) is 0 Å². The molecule has 1 heterocycles. The Bertz CT molecular complexity index is 524. The highest BCUT2D eigenvalue weighted by atomic mass is 16.5. The fraction of sp³-hybridized carbons (Fsp3) is 0.143. The summed E-state index contributed by atoms with van der Waals surface area (Å²) < 4.78 is 0. The summed E-state index contributed by atoms with van der Waals surface area (Å²) in [4.78, 5) is 2.01. The second-order valence-corrected chi connectivity index (χ2v) is 4.16. The van der Waals surface area contributed by atoms with Crippen molar-refractivity contribution in [2.75, 3.05) is 23.1 Å². The second-order valence-electron chi connectivity index (χ2n) is 4.16. The lowest BCUT2D eigenvalue weighted by Crippen LogP contribution is -2.29. The molecule has 0 aliphatic carbocycles. The van der Waals surface area contributed by atoms with Crippen LogP contribution in [0.3, 0.4) is 0 Å². The van der Waals surface area contributed by atoms with Gasteiger partial charge in [0.15, 0.2) is 0 Å². The molecule has 2 N–H and O–H groups in total. The molecule has 0 radical (unpaired) electrons. The van der Waals surface area contributed by atoms with E-state index in [9.17, 15) is 10.3 Å². The minimum absolute atomic E-state index is 0.0636. The third-order valence-electron chi connectivity index (χ3n) is 3.13. The monoisotopic (exact) mass is 242 g/mol. The van der Waals surface area contributed by atoms with E-state index in [-0.39, 0.29) is 6.61 Å². The van der Waals surface area contributed by atoms with Crippen molar-refractivity contribution in [2.24, 2.45) is 0 Å². The van der Waals surface area contributed by atoms with E-state index in [0.717, 1.165) is 22.7 Å². The van der Waals surface area contributed by atoms with Gasteiger partial charge in [-0.1, -0.05) is 24.3 Å². The Labute approximate surface area is 105 Å². The summed E-state index contributed by atoms with van der Waals surface area (Å²) in [6, 6.07) is 15.2. The lowest BCUT2D eigenvalue weighted by molar-refractivity contribution is 0.294. The zero-order valence-corrected chi connectivity index (χ0v) is 9.82. The fourth-order valence-corrected chi connectivity index (χ4v) is 2.34. The highest BCUT2D eigenvalue weighted by molar-refractivity contribution is 5.91. The molecule has 1 aliphatic rings. The van der Waals surface area contributed by atoms with Crippen LogP contribution in [0.15, 0.2) is 48.5 Å². The van der Waals surface area contributed by atoms with Gasteiger partial charge in [-0.25, -0.2) is 5.06 Å². The van der Waals surface area contributed by atoms with E-state index in [1.54, 1.807) is 0 Å². The summed E-state index contributed by atoms with van der Waals surface area (Å²) in [6.07, 6.45) is 0. The Morgan fingerprint density at radius 2 is 1.22 bits per heavy atom. The van der Waals surface area contributed by atoms with Crippen LogP contribution in [-0.2, 0) is 0 Å². The van der Waals surface area contributed by atoms with E-state index in [2.05, 4.69) is 0 Å². The molecule has 3 rings (SSSR count). The van der Waals surface area contributed by atoms with E-state index in [1.807, 2.05) is 53.4 Å². The summed E-state index contributed by atoms with van der Waals surface area (Å²) in [5, 5.41) is 20.7. The highest BCUT2D eigenvalue weighted by Gasteiger charge is 2.26. The van der Waals surface area contributed by atoms with Crippen LogP contribution in [0.25, 0.3) is 0 Å². The van der Waals surface area contributed by atoms with Gasteiger partial charge in [-0.15, -0.1) is 0 Å². The predicted octanol–water partition coefficient (Wildman–Crippen LogP) is 2.66. The van der Waals surface area contributed by atoms with Crippen molar-refractivity contribution >= 4 is 22.7 Å². The molecule has 0 saturated heterocycles. The molecule has 0 saturated carbocycles. The number of para-hydroxylation sites is 4. The van der Waals surface area contributed by atoms with Crippen LogP contribution in [-0.4, -0.2) is 23.5 Å². The van der Waals surface area contributed by atoms with Crippen LogP contribution in [0.2, 0.25) is 0 Å². The Morgan fingerprint density at radius 1 is 0.778 bits per heavy atom. The first-order chi connectivity index (χ1) is 8.83. The number of hydrogen-bond donors (Lipinski definition) is 2. The van der Waals surface area contributed by atoms with E-state index < -0.39 is 0 Å². The molecule has 0 atom stereocenters. The van der Waals surface area contributed by atoms with E-state index in [0.29, 0.717) is 6.54 Å². The molecule has 0 bridgehead atoms. The molecule has 0 aromatic heterocycles. The third kappa shape index (κ3) is 1.54. The maximum atomic E-state index is 10.2. The van der Waals surface area contributed by atoms with Crippen molar-refractivity contribution < 1.29 is 10.3 Å². The first-order valence-electron chi connectivity index (χ1n) is 5.88. The van der Waals surface area contributed by atoms with Crippen molar-refractivity contribution in [1.82, 2.24) is 0 Å². The van der Waals surface area contributed by atoms with Crippen molar-refractivity contribution in [3.63, 3.8) is 0 Å². The van der Waals surface area contributed by atoms with Gasteiger partial charge < -0.3 is 10.0 Å². The van der Waals surface area contributed by atoms with Gasteiger partial charge in [-0.3, -0.25) is 5.21 Å². The largest absolute Gasteiger partial charge is 0.395 e. The van der Waals surface area contributed by atoms with Gasteiger partial charge in [-0.2, -0.15) is 0 Å². The van der Waals surface area contributed by atoms with Crippen LogP contribution < -0.4 is 9.96 Å². The highest BCUT2D eigenvalue weighted by Crippen LogP contribution is 2.46. The topological polar surface area (TPSA) is 46.9 Å². The van der Waals surface area contributed by atoms with Crippen LogP contribution in [0.4, 0.5) is 22.7 Å². The van der Waals surface area contributed by atoms with Crippen LogP contribution in [0.1, 0.15) is 0 Å². The van der Waals surface area contributed by atoms with Crippen LogP contribution >= 0.6 is 0 Å². The summed E-state index contributed by atoms with van der Waals surface area (Å²) >= 11 is 0. The number of anilines is 4. The van der Waals surface area contributed by atoms with Crippen molar-refractivity contribution in [1.29, 1.82) is 0 Å². The zero-order valence-electron chi connectivity index (χ0n) is 9.82. The first kappa shape index (κ1) is 11.1. The SMILES string of the molecule is OCCN1c2ccccc2N(O)c2ccccc21. The molecule has 0 spiro atoms. The number of aliphatic hydroxyl groups is 1. The molecule has 4 heteroatoms. The lowest BCUT2D eigenvalue weighted by Gasteiger charge is -2.36. The molecule has 0 amide bonds. The average Bonchev–Trinajstić information content (AvgIpc) is 2.43. The maximum Gasteiger partial charge on any atom is 0.0930 e. The van der Waals surface area contributed by atoms with Crippen LogP contribution in [0, 0.1) is 0 Å². The molecule has 2 aromatic rings. The molecule has 1 aliphatic heterocycles. The average molecular weight is 242 g/mol. The summed E-state index contributed by atoms with van der Waals surface area (Å²) in [7, 11) is 0. The molecule has 0 unspecified atom stereocenters. The Hall–Kier alpha value is -2.04. The molecular weight excluding hydrogens is 228 g/mol. The maximum absolute atomic E-state index is 10.2. The predicted molar refractivity (Wildman–Crippen MR) is 70.9 cm³/mol. The van der Waals surface area contributed by atoms with Gasteiger partial charge in [0.25, 0.3) is 0 Å². The number of benzene rings is 2. The molecule has 4 nitrogen and oxygen atoms in total. The van der Waals surface area contributed by atoms with Gasteiger partial charge >= 0.3 is 0 Å². The smallest absolute Gasteiger partial charge is 0.0930 e. The van der Waals surface area contributed by atoms with Gasteiger partial charge in [0.2, 0.25) is 0 Å². The van der Waals surface area contributed by atoms with Gasteiger partial charge in [0.05, 0.1) is 29.4 Å². The number of hydrogen-bond acceptors (Lipinski definition) is 4. The fourth-order valence-electron chi connectivity index (χ4n) is 2.34. The van der Waals surface area contributed by atoms with Crippen molar-refractivity contribution in [3.8, 4) is 0 Å². The van der Waals surface area contributed by atoms with Crippen LogP contribution in [0.5, 0.6) is 0 Å². The third-order valence-corrected chi connectivity index (χ3v) is 3.13. The second kappa shape index (κ2) is 4.33. The summed E-state index contributed by atoms with van der Waals surface area (Å²) in [5.74, 6) is 0. The van der Waals surface area contributed by atoms with Crippen molar-refractivity contribution in [3.05, 3.63) is 48.5 Å². The summed E-state index contributed by atoms with van der Waals surface area (Å²) in [6.45, 7) is 0.565. The Morgan fingerprint density at radius 3 is 1.67 bits per heavy atom. The zero-order chi connectivity index (χ0) is 12.5. The minimum atomic E-state index is 0.0636. The Balaban J connectivity index is 2.20. The summed E-state index contributed by atoms with van der Waals surface area (Å²) in [5.41, 5.74) is 3.25.